The van der Waals surface area contributed by atoms with Crippen LogP contribution in [-0.2, 0) is 9.59 Å². The molecule has 0 spiro atoms. The van der Waals surface area contributed by atoms with Crippen molar-refractivity contribution in [2.75, 3.05) is 0 Å². The molecule has 4 heteroatoms. The fourth-order valence-electron chi connectivity index (χ4n) is 4.07. The van der Waals surface area contributed by atoms with E-state index in [1.807, 2.05) is 13.0 Å². The minimum Gasteiger partial charge on any atom is -0.504 e. The van der Waals surface area contributed by atoms with E-state index < -0.39 is 17.3 Å². The van der Waals surface area contributed by atoms with Gasteiger partial charge < -0.3 is 10.2 Å². The first kappa shape index (κ1) is 13.3. The lowest BCUT2D eigenvalue weighted by atomic mass is 9.53. The number of carbonyl (C=O) groups is 2. The Balaban J connectivity index is 2.25. The van der Waals surface area contributed by atoms with Gasteiger partial charge in [0.1, 0.15) is 6.10 Å². The van der Waals surface area contributed by atoms with E-state index >= 15 is 0 Å². The summed E-state index contributed by atoms with van der Waals surface area (Å²) in [5, 5.41) is 20.7. The van der Waals surface area contributed by atoms with Crippen molar-refractivity contribution in [3.8, 4) is 0 Å². The molecule has 0 aromatic carbocycles. The molecule has 1 fully saturated rings. The molecule has 0 bridgehead atoms. The maximum Gasteiger partial charge on any atom is 0.220 e. The Morgan fingerprint density at radius 1 is 1.35 bits per heavy atom. The molecule has 3 aliphatic rings. The highest BCUT2D eigenvalue weighted by atomic mass is 16.3. The summed E-state index contributed by atoms with van der Waals surface area (Å²) < 4.78 is 0. The van der Waals surface area contributed by atoms with E-state index in [1.54, 1.807) is 6.08 Å². The normalized spacial score (nSPS) is 36.6. The zero-order valence-corrected chi connectivity index (χ0v) is 11.4. The molecule has 0 saturated heterocycles. The average molecular weight is 274 g/mol. The van der Waals surface area contributed by atoms with E-state index in [0.717, 1.165) is 12.0 Å². The minimum absolute atomic E-state index is 0.0976. The summed E-state index contributed by atoms with van der Waals surface area (Å²) in [5.74, 6) is -0.845. The van der Waals surface area contributed by atoms with Gasteiger partial charge in [-0.25, -0.2) is 0 Å². The number of hydrogen-bond acceptors (Lipinski definition) is 4. The Morgan fingerprint density at radius 2 is 2.10 bits per heavy atom. The third kappa shape index (κ3) is 1.51. The van der Waals surface area contributed by atoms with Gasteiger partial charge in [0, 0.05) is 17.4 Å². The molecule has 0 aliphatic heterocycles. The van der Waals surface area contributed by atoms with Gasteiger partial charge in [0.05, 0.1) is 0 Å². The Morgan fingerprint density at radius 3 is 2.80 bits per heavy atom. The Kier molecular flexibility index (Phi) is 2.94. The van der Waals surface area contributed by atoms with Crippen LogP contribution in [-0.4, -0.2) is 27.9 Å². The number of aliphatic hydroxyl groups is 2. The highest BCUT2D eigenvalue weighted by Gasteiger charge is 2.55. The number of carbonyl (C=O) groups excluding carboxylic acids is 2. The summed E-state index contributed by atoms with van der Waals surface area (Å²) in [5.41, 5.74) is 0.433. The third-order valence-corrected chi connectivity index (χ3v) is 5.11. The van der Waals surface area contributed by atoms with Crippen molar-refractivity contribution >= 4 is 11.6 Å². The van der Waals surface area contributed by atoms with Crippen LogP contribution >= 0.6 is 0 Å². The lowest BCUT2D eigenvalue weighted by molar-refractivity contribution is -0.142. The first-order valence-electron chi connectivity index (χ1n) is 7.09. The maximum atomic E-state index is 12.0. The molecule has 2 N–H and O–H groups in total. The Hall–Kier alpha value is -1.68. The van der Waals surface area contributed by atoms with Crippen LogP contribution in [0.4, 0.5) is 0 Å². The summed E-state index contributed by atoms with van der Waals surface area (Å²) >= 11 is 0. The molecule has 3 aliphatic carbocycles. The Labute approximate surface area is 117 Å². The van der Waals surface area contributed by atoms with Crippen LogP contribution in [0.5, 0.6) is 0 Å². The molecule has 3 rings (SSSR count). The second-order valence-electron chi connectivity index (χ2n) is 5.81. The van der Waals surface area contributed by atoms with E-state index in [1.165, 1.54) is 6.08 Å². The average Bonchev–Trinajstić information content (AvgIpc) is 2.46. The van der Waals surface area contributed by atoms with Crippen molar-refractivity contribution < 1.29 is 19.8 Å². The lowest BCUT2D eigenvalue weighted by Crippen LogP contribution is -2.53. The van der Waals surface area contributed by atoms with Gasteiger partial charge in [0.25, 0.3) is 0 Å². The topological polar surface area (TPSA) is 74.6 Å². The van der Waals surface area contributed by atoms with Crippen molar-refractivity contribution in [1.82, 2.24) is 0 Å². The molecule has 0 aromatic heterocycles. The van der Waals surface area contributed by atoms with E-state index in [0.29, 0.717) is 24.8 Å². The number of allylic oxidation sites excluding steroid dienone is 4. The van der Waals surface area contributed by atoms with Crippen LogP contribution in [0.3, 0.4) is 0 Å². The molecule has 0 heterocycles. The molecule has 1 saturated carbocycles. The SMILES string of the molecule is CC[C@@]12C3=C(O)C(=O)C=CC3=CCC1CCC(=O)C2O. The monoisotopic (exact) mass is 274 g/mol. The minimum atomic E-state index is -1.13. The molecule has 0 aromatic rings. The van der Waals surface area contributed by atoms with Gasteiger partial charge in [-0.3, -0.25) is 9.59 Å². The molecular formula is C16H18O4. The highest BCUT2D eigenvalue weighted by Crippen LogP contribution is 2.56. The number of ketones is 2. The van der Waals surface area contributed by atoms with Crippen molar-refractivity contribution in [2.24, 2.45) is 11.3 Å². The van der Waals surface area contributed by atoms with Crippen molar-refractivity contribution in [2.45, 2.75) is 38.7 Å². The predicted molar refractivity (Wildman–Crippen MR) is 73.0 cm³/mol. The maximum absolute atomic E-state index is 12.0. The zero-order valence-electron chi connectivity index (χ0n) is 11.4. The van der Waals surface area contributed by atoms with Crippen molar-refractivity contribution in [3.05, 3.63) is 35.1 Å². The van der Waals surface area contributed by atoms with E-state index in [4.69, 9.17) is 0 Å². The fraction of sp³-hybridized carbons (Fsp3) is 0.500. The van der Waals surface area contributed by atoms with E-state index in [-0.39, 0.29) is 17.5 Å². The molecule has 4 nitrogen and oxygen atoms in total. The van der Waals surface area contributed by atoms with Gasteiger partial charge in [0.15, 0.2) is 11.5 Å². The number of rotatable bonds is 1. The second-order valence-corrected chi connectivity index (χ2v) is 5.81. The van der Waals surface area contributed by atoms with Gasteiger partial charge in [0.2, 0.25) is 5.78 Å². The predicted octanol–water partition coefficient (Wildman–Crippen LogP) is 2.00. The molecule has 106 valence electrons. The van der Waals surface area contributed by atoms with E-state index in [2.05, 4.69) is 0 Å². The quantitative estimate of drug-likeness (QED) is 0.767. The van der Waals surface area contributed by atoms with Crippen LogP contribution in [0, 0.1) is 11.3 Å². The molecular weight excluding hydrogens is 256 g/mol. The summed E-state index contributed by atoms with van der Waals surface area (Å²) in [6.45, 7) is 1.90. The number of Topliss-reactive ketones (excluding diaryl/α,β-unsaturated/α-hetero) is 1. The number of fused-ring (bicyclic) bond motifs is 3. The second kappa shape index (κ2) is 4.42. The highest BCUT2D eigenvalue weighted by molar-refractivity contribution is 6.05. The first-order chi connectivity index (χ1) is 9.52. The van der Waals surface area contributed by atoms with Gasteiger partial charge >= 0.3 is 0 Å². The van der Waals surface area contributed by atoms with Crippen LogP contribution in [0.1, 0.15) is 32.6 Å². The summed E-state index contributed by atoms with van der Waals surface area (Å²) in [7, 11) is 0. The first-order valence-corrected chi connectivity index (χ1v) is 7.09. The molecule has 20 heavy (non-hydrogen) atoms. The largest absolute Gasteiger partial charge is 0.504 e. The molecule has 0 radical (unpaired) electrons. The summed E-state index contributed by atoms with van der Waals surface area (Å²) in [4.78, 5) is 23.8. The molecule has 0 amide bonds. The zero-order chi connectivity index (χ0) is 14.5. The van der Waals surface area contributed by atoms with Gasteiger partial charge in [-0.05, 0) is 36.8 Å². The van der Waals surface area contributed by atoms with Crippen LogP contribution < -0.4 is 0 Å². The number of aliphatic hydroxyl groups excluding tert-OH is 2. The van der Waals surface area contributed by atoms with Crippen LogP contribution in [0.2, 0.25) is 0 Å². The smallest absolute Gasteiger partial charge is 0.220 e. The van der Waals surface area contributed by atoms with Crippen LogP contribution in [0.15, 0.2) is 35.1 Å². The third-order valence-electron chi connectivity index (χ3n) is 5.11. The van der Waals surface area contributed by atoms with Crippen molar-refractivity contribution in [3.63, 3.8) is 0 Å². The van der Waals surface area contributed by atoms with Crippen molar-refractivity contribution in [1.29, 1.82) is 0 Å². The molecule has 2 unspecified atom stereocenters. The van der Waals surface area contributed by atoms with Gasteiger partial charge in [-0.1, -0.05) is 19.1 Å². The standard InChI is InChI=1S/C16H18O4/c1-2-16-10(6-8-12(18)15(16)20)5-3-9-4-7-11(17)14(19)13(9)16/h3-4,7,10,15,19-20H,2,5-6,8H2,1H3/t10?,15?,16-/m0/s1. The van der Waals surface area contributed by atoms with Crippen LogP contribution in [0.25, 0.3) is 0 Å². The Bertz CT molecular complexity index is 581. The number of hydrogen-bond donors (Lipinski definition) is 2. The summed E-state index contributed by atoms with van der Waals surface area (Å²) in [6.07, 6.45) is 6.24. The summed E-state index contributed by atoms with van der Waals surface area (Å²) in [6, 6.07) is 0. The van der Waals surface area contributed by atoms with Gasteiger partial charge in [-0.15, -0.1) is 0 Å². The van der Waals surface area contributed by atoms with E-state index in [9.17, 15) is 19.8 Å². The lowest BCUT2D eigenvalue weighted by Gasteiger charge is -2.50. The van der Waals surface area contributed by atoms with Gasteiger partial charge in [-0.2, -0.15) is 0 Å². The fourth-order valence-corrected chi connectivity index (χ4v) is 4.07. The molecule has 3 atom stereocenters.